The highest BCUT2D eigenvalue weighted by atomic mass is 35.5. The second kappa shape index (κ2) is 11.2. The van der Waals surface area contributed by atoms with E-state index in [1.165, 1.54) is 0 Å². The number of hydrogen-bond acceptors (Lipinski definition) is 5. The van der Waals surface area contributed by atoms with Gasteiger partial charge in [-0.15, -0.1) is 12.4 Å². The topological polar surface area (TPSA) is 113 Å². The number of aromatic nitrogens is 2. The van der Waals surface area contributed by atoms with Gasteiger partial charge in [-0.1, -0.05) is 42.5 Å². The summed E-state index contributed by atoms with van der Waals surface area (Å²) in [5, 5.41) is 24.4. The third-order valence-corrected chi connectivity index (χ3v) is 5.76. The lowest BCUT2D eigenvalue weighted by atomic mass is 10.0. The Morgan fingerprint density at radius 2 is 1.85 bits per heavy atom. The molecule has 2 heterocycles. The first-order valence-electron chi connectivity index (χ1n) is 10.9. The van der Waals surface area contributed by atoms with Crippen LogP contribution in [0.5, 0.6) is 0 Å². The van der Waals surface area contributed by atoms with Crippen LogP contribution in [-0.4, -0.2) is 38.3 Å². The molecule has 0 aliphatic heterocycles. The van der Waals surface area contributed by atoms with Gasteiger partial charge >= 0.3 is 5.97 Å². The van der Waals surface area contributed by atoms with Gasteiger partial charge in [0.25, 0.3) is 0 Å². The van der Waals surface area contributed by atoms with Gasteiger partial charge in [0.2, 0.25) is 0 Å². The highest BCUT2D eigenvalue weighted by Crippen LogP contribution is 2.24. The van der Waals surface area contributed by atoms with Crippen molar-refractivity contribution in [3.63, 3.8) is 0 Å². The van der Waals surface area contributed by atoms with Crippen molar-refractivity contribution in [2.24, 2.45) is 0 Å². The Balaban J connectivity index is 0.00000324. The number of aliphatic hydroxyl groups excluding tert-OH is 1. The van der Waals surface area contributed by atoms with Crippen molar-refractivity contribution in [3.05, 3.63) is 95.3 Å². The van der Waals surface area contributed by atoms with E-state index in [0.29, 0.717) is 24.5 Å². The molecule has 2 aromatic carbocycles. The van der Waals surface area contributed by atoms with E-state index in [4.69, 9.17) is 5.73 Å². The zero-order chi connectivity index (χ0) is 23.4. The number of fused-ring (bicyclic) bond motifs is 1. The van der Waals surface area contributed by atoms with E-state index >= 15 is 0 Å². The van der Waals surface area contributed by atoms with Crippen LogP contribution in [0.3, 0.4) is 0 Å². The molecule has 0 radical (unpaired) electrons. The maximum atomic E-state index is 11.9. The van der Waals surface area contributed by atoms with Crippen LogP contribution in [-0.2, 0) is 13.0 Å². The molecule has 178 valence electrons. The molecule has 34 heavy (non-hydrogen) atoms. The van der Waals surface area contributed by atoms with E-state index in [1.54, 1.807) is 24.4 Å². The summed E-state index contributed by atoms with van der Waals surface area (Å²) in [6.45, 7) is 2.95. The average Bonchev–Trinajstić information content (AvgIpc) is 3.16. The SMILES string of the molecule is C[C@H](Cc1ccc2c(c1)cc(C(=O)O)n2Cc1ccccc1)NC[C@H](O)c1ccc(N)nc1.Cl. The summed E-state index contributed by atoms with van der Waals surface area (Å²) in [7, 11) is 0. The number of aliphatic hydroxyl groups is 1. The van der Waals surface area contributed by atoms with E-state index in [9.17, 15) is 15.0 Å². The highest BCUT2D eigenvalue weighted by molar-refractivity contribution is 5.95. The molecule has 7 nitrogen and oxygen atoms in total. The van der Waals surface area contributed by atoms with Gasteiger partial charge in [-0.25, -0.2) is 9.78 Å². The molecular weight excluding hydrogens is 452 g/mol. The summed E-state index contributed by atoms with van der Waals surface area (Å²) in [5.74, 6) is -0.517. The van der Waals surface area contributed by atoms with Crippen molar-refractivity contribution in [2.45, 2.75) is 32.0 Å². The van der Waals surface area contributed by atoms with Gasteiger partial charge in [-0.05, 0) is 48.7 Å². The van der Waals surface area contributed by atoms with Crippen LogP contribution < -0.4 is 11.1 Å². The monoisotopic (exact) mass is 480 g/mol. The van der Waals surface area contributed by atoms with Gasteiger partial charge in [0, 0.05) is 41.8 Å². The van der Waals surface area contributed by atoms with Crippen molar-refractivity contribution in [1.29, 1.82) is 0 Å². The first-order chi connectivity index (χ1) is 15.9. The molecule has 0 amide bonds. The Bertz CT molecular complexity index is 1240. The van der Waals surface area contributed by atoms with Crippen molar-refractivity contribution >= 4 is 35.1 Å². The number of carboxylic acid groups (broad SMARTS) is 1. The summed E-state index contributed by atoms with van der Waals surface area (Å²) in [6, 6.07) is 21.2. The molecule has 0 spiro atoms. The number of nitrogens with zero attached hydrogens (tertiary/aromatic N) is 2. The van der Waals surface area contributed by atoms with Crippen LogP contribution in [0.2, 0.25) is 0 Å². The Kier molecular flexibility index (Phi) is 8.28. The Morgan fingerprint density at radius 3 is 2.53 bits per heavy atom. The first kappa shape index (κ1) is 25.2. The number of benzene rings is 2. The van der Waals surface area contributed by atoms with Crippen molar-refractivity contribution < 1.29 is 15.0 Å². The predicted octanol–water partition coefficient (Wildman–Crippen LogP) is 4.04. The number of hydrogen-bond donors (Lipinski definition) is 4. The highest BCUT2D eigenvalue weighted by Gasteiger charge is 2.16. The standard InChI is InChI=1S/C26H28N4O3.ClH/c1-17(28-15-24(31)20-8-10-25(27)29-14-20)11-19-7-9-22-21(12-19)13-23(26(32)33)30(22)16-18-5-3-2-4-6-18;/h2-10,12-14,17,24,28,31H,11,15-16H2,1H3,(H2,27,29)(H,32,33);1H/t17-,24+;/m1./s1. The van der Waals surface area contributed by atoms with Crippen LogP contribution in [0.25, 0.3) is 10.9 Å². The molecule has 2 aromatic heterocycles. The van der Waals surface area contributed by atoms with Gasteiger partial charge < -0.3 is 25.8 Å². The molecule has 0 fully saturated rings. The number of rotatable bonds is 9. The molecular formula is C26H29ClN4O3. The summed E-state index contributed by atoms with van der Waals surface area (Å²) in [4.78, 5) is 15.9. The number of anilines is 1. The largest absolute Gasteiger partial charge is 0.477 e. The summed E-state index contributed by atoms with van der Waals surface area (Å²) < 4.78 is 1.84. The minimum Gasteiger partial charge on any atom is -0.477 e. The lowest BCUT2D eigenvalue weighted by Gasteiger charge is -2.17. The van der Waals surface area contributed by atoms with Crippen LogP contribution >= 0.6 is 12.4 Å². The number of pyridine rings is 1. The van der Waals surface area contributed by atoms with Gasteiger partial charge in [0.15, 0.2) is 0 Å². The normalized spacial score (nSPS) is 12.8. The maximum absolute atomic E-state index is 11.9. The van der Waals surface area contributed by atoms with E-state index < -0.39 is 12.1 Å². The van der Waals surface area contributed by atoms with Gasteiger partial charge in [0.05, 0.1) is 6.10 Å². The van der Waals surface area contributed by atoms with Gasteiger partial charge in [-0.3, -0.25) is 0 Å². The summed E-state index contributed by atoms with van der Waals surface area (Å²) >= 11 is 0. The number of aromatic carboxylic acids is 1. The number of nitrogen functional groups attached to an aromatic ring is 1. The molecule has 0 unspecified atom stereocenters. The number of carbonyl (C=O) groups is 1. The third kappa shape index (κ3) is 5.94. The molecule has 8 heteroatoms. The Morgan fingerprint density at radius 1 is 1.09 bits per heavy atom. The molecule has 4 aromatic rings. The van der Waals surface area contributed by atoms with Crippen LogP contribution in [0, 0.1) is 0 Å². The second-order valence-electron chi connectivity index (χ2n) is 8.35. The molecule has 2 atom stereocenters. The lowest BCUT2D eigenvalue weighted by molar-refractivity contribution is 0.0686. The number of nitrogens with one attached hydrogen (secondary N) is 1. The minimum atomic E-state index is -0.940. The zero-order valence-corrected chi connectivity index (χ0v) is 19.7. The molecule has 0 bridgehead atoms. The minimum absolute atomic E-state index is 0. The maximum Gasteiger partial charge on any atom is 0.352 e. The summed E-state index contributed by atoms with van der Waals surface area (Å²) in [6.07, 6.45) is 1.66. The molecule has 5 N–H and O–H groups in total. The van der Waals surface area contributed by atoms with Crippen LogP contribution in [0.4, 0.5) is 5.82 Å². The Labute approximate surface area is 204 Å². The molecule has 0 saturated carbocycles. The first-order valence-corrected chi connectivity index (χ1v) is 10.9. The second-order valence-corrected chi connectivity index (χ2v) is 8.35. The Hall–Kier alpha value is -3.39. The van der Waals surface area contributed by atoms with E-state index in [0.717, 1.165) is 28.5 Å². The van der Waals surface area contributed by atoms with E-state index in [1.807, 2.05) is 53.1 Å². The van der Waals surface area contributed by atoms with Crippen molar-refractivity contribution in [2.75, 3.05) is 12.3 Å². The quantitative estimate of drug-likeness (QED) is 0.287. The van der Waals surface area contributed by atoms with Crippen molar-refractivity contribution in [3.8, 4) is 0 Å². The molecule has 4 rings (SSSR count). The lowest BCUT2D eigenvalue weighted by Crippen LogP contribution is -2.32. The summed E-state index contributed by atoms with van der Waals surface area (Å²) in [5.41, 5.74) is 9.63. The third-order valence-electron chi connectivity index (χ3n) is 5.76. The van der Waals surface area contributed by atoms with Crippen LogP contribution in [0.1, 0.15) is 40.2 Å². The van der Waals surface area contributed by atoms with Crippen LogP contribution in [0.15, 0.2) is 72.9 Å². The average molecular weight is 481 g/mol. The predicted molar refractivity (Wildman–Crippen MR) is 136 cm³/mol. The molecule has 0 aliphatic carbocycles. The van der Waals surface area contributed by atoms with E-state index in [-0.39, 0.29) is 24.1 Å². The number of carboxylic acids is 1. The van der Waals surface area contributed by atoms with Gasteiger partial charge in [0.1, 0.15) is 11.5 Å². The zero-order valence-electron chi connectivity index (χ0n) is 18.9. The number of nitrogens with two attached hydrogens (primary N) is 1. The fourth-order valence-electron chi connectivity index (χ4n) is 4.03. The fourth-order valence-corrected chi connectivity index (χ4v) is 4.03. The van der Waals surface area contributed by atoms with E-state index in [2.05, 4.69) is 17.2 Å². The van der Waals surface area contributed by atoms with Gasteiger partial charge in [-0.2, -0.15) is 0 Å². The molecule has 0 aliphatic rings. The number of halogens is 1. The van der Waals surface area contributed by atoms with Crippen molar-refractivity contribution in [1.82, 2.24) is 14.9 Å². The molecule has 0 saturated heterocycles. The fraction of sp³-hybridized carbons (Fsp3) is 0.231. The smallest absolute Gasteiger partial charge is 0.352 e.